The highest BCUT2D eigenvalue weighted by atomic mass is 35.5. The number of anilines is 1. The molecule has 0 saturated heterocycles. The fraction of sp³-hybridized carbons (Fsp3) is 0.167. The second-order valence-electron chi connectivity index (χ2n) is 7.02. The Morgan fingerprint density at radius 1 is 0.800 bits per heavy atom. The first-order valence-electron chi connectivity index (χ1n) is 9.97. The van der Waals surface area contributed by atoms with E-state index >= 15 is 0 Å². The molecule has 0 saturated carbocycles. The van der Waals surface area contributed by atoms with Crippen LogP contribution in [0.5, 0.6) is 23.0 Å². The predicted octanol–water partition coefficient (Wildman–Crippen LogP) is 6.14. The van der Waals surface area contributed by atoms with E-state index in [1.54, 1.807) is 24.3 Å². The molecule has 0 aliphatic carbocycles. The third-order valence-corrected chi connectivity index (χ3v) is 7.01. The molecule has 0 heterocycles. The Labute approximate surface area is 213 Å². The number of methoxy groups -OCH3 is 4. The molecule has 0 unspecified atom stereocenters. The Kier molecular flexibility index (Phi) is 8.37. The molecule has 11 heteroatoms. The van der Waals surface area contributed by atoms with Crippen molar-refractivity contribution in [3.05, 3.63) is 69.5 Å². The quantitative estimate of drug-likeness (QED) is 0.327. The predicted molar refractivity (Wildman–Crippen MR) is 135 cm³/mol. The first kappa shape index (κ1) is 26.5. The molecule has 0 aliphatic rings. The zero-order valence-corrected chi connectivity index (χ0v) is 21.5. The van der Waals surface area contributed by atoms with E-state index < -0.39 is 15.8 Å². The van der Waals surface area contributed by atoms with E-state index in [9.17, 15) is 12.8 Å². The number of halogens is 3. The van der Waals surface area contributed by atoms with Crippen LogP contribution in [0, 0.1) is 5.82 Å². The first-order valence-corrected chi connectivity index (χ1v) is 12.2. The summed E-state index contributed by atoms with van der Waals surface area (Å²) in [6, 6.07) is 9.84. The first-order chi connectivity index (χ1) is 16.6. The molecule has 7 nitrogen and oxygen atoms in total. The topological polar surface area (TPSA) is 83.1 Å². The monoisotopic (exact) mass is 541 g/mol. The third-order valence-electron chi connectivity index (χ3n) is 4.93. The molecule has 1 N–H and O–H groups in total. The van der Waals surface area contributed by atoms with E-state index in [0.29, 0.717) is 28.4 Å². The minimum absolute atomic E-state index is 0.0586. The number of benzene rings is 3. The van der Waals surface area contributed by atoms with Gasteiger partial charge in [0.05, 0.1) is 43.4 Å². The minimum atomic E-state index is -4.17. The van der Waals surface area contributed by atoms with Gasteiger partial charge in [-0.25, -0.2) is 12.8 Å². The minimum Gasteiger partial charge on any atom is -0.493 e. The number of ether oxygens (including phenoxy) is 4. The summed E-state index contributed by atoms with van der Waals surface area (Å²) >= 11 is 11.9. The average Bonchev–Trinajstić information content (AvgIpc) is 2.84. The van der Waals surface area contributed by atoms with Gasteiger partial charge in [0.15, 0.2) is 23.1 Å². The number of rotatable bonds is 9. The van der Waals surface area contributed by atoms with Crippen LogP contribution in [0.4, 0.5) is 10.1 Å². The van der Waals surface area contributed by atoms with Crippen LogP contribution in [-0.2, 0) is 10.0 Å². The van der Waals surface area contributed by atoms with Crippen molar-refractivity contribution in [2.75, 3.05) is 33.2 Å². The van der Waals surface area contributed by atoms with E-state index in [-0.39, 0.29) is 26.4 Å². The summed E-state index contributed by atoms with van der Waals surface area (Å²) in [5.41, 5.74) is 0.893. The van der Waals surface area contributed by atoms with Gasteiger partial charge >= 0.3 is 0 Å². The molecular formula is C24H22Cl2FNO6S. The van der Waals surface area contributed by atoms with E-state index in [1.165, 1.54) is 58.8 Å². The molecular weight excluding hydrogens is 520 g/mol. The molecule has 0 atom stereocenters. The van der Waals surface area contributed by atoms with Crippen molar-refractivity contribution in [2.45, 2.75) is 4.90 Å². The van der Waals surface area contributed by atoms with Gasteiger partial charge in [0.1, 0.15) is 5.69 Å². The largest absolute Gasteiger partial charge is 0.493 e. The van der Waals surface area contributed by atoms with Gasteiger partial charge in [0.25, 0.3) is 10.0 Å². The van der Waals surface area contributed by atoms with Crippen LogP contribution in [-0.4, -0.2) is 36.9 Å². The molecule has 0 amide bonds. The normalized spacial score (nSPS) is 11.4. The lowest BCUT2D eigenvalue weighted by molar-refractivity contribution is 0.324. The highest BCUT2D eigenvalue weighted by molar-refractivity contribution is 7.92. The molecule has 0 aliphatic heterocycles. The zero-order chi connectivity index (χ0) is 25.8. The van der Waals surface area contributed by atoms with Crippen LogP contribution in [0.25, 0.3) is 12.2 Å². The van der Waals surface area contributed by atoms with Gasteiger partial charge in [-0.2, -0.15) is 0 Å². The van der Waals surface area contributed by atoms with Crippen molar-refractivity contribution in [2.24, 2.45) is 0 Å². The maximum absolute atomic E-state index is 14.5. The van der Waals surface area contributed by atoms with Crippen molar-refractivity contribution in [3.8, 4) is 23.0 Å². The molecule has 0 aromatic heterocycles. The van der Waals surface area contributed by atoms with Crippen LogP contribution < -0.4 is 23.7 Å². The van der Waals surface area contributed by atoms with Gasteiger partial charge in [0, 0.05) is 5.56 Å². The van der Waals surface area contributed by atoms with Crippen molar-refractivity contribution < 1.29 is 31.8 Å². The highest BCUT2D eigenvalue weighted by Crippen LogP contribution is 2.39. The third kappa shape index (κ3) is 5.75. The fourth-order valence-electron chi connectivity index (χ4n) is 3.24. The molecule has 35 heavy (non-hydrogen) atoms. The van der Waals surface area contributed by atoms with E-state index in [4.69, 9.17) is 42.1 Å². The maximum Gasteiger partial charge on any atom is 0.262 e. The Bertz CT molecular complexity index is 1350. The van der Waals surface area contributed by atoms with Crippen LogP contribution in [0.15, 0.2) is 47.4 Å². The van der Waals surface area contributed by atoms with Gasteiger partial charge in [0.2, 0.25) is 5.75 Å². The summed E-state index contributed by atoms with van der Waals surface area (Å²) in [4.78, 5) is -0.155. The van der Waals surface area contributed by atoms with Crippen molar-refractivity contribution in [3.63, 3.8) is 0 Å². The number of hydrogen-bond donors (Lipinski definition) is 1. The molecule has 0 spiro atoms. The summed E-state index contributed by atoms with van der Waals surface area (Å²) in [5.74, 6) is 0.267. The summed E-state index contributed by atoms with van der Waals surface area (Å²) in [5, 5.41) is 0.256. The fourth-order valence-corrected chi connectivity index (χ4v) is 4.72. The van der Waals surface area contributed by atoms with Gasteiger partial charge in [-0.15, -0.1) is 0 Å². The van der Waals surface area contributed by atoms with Gasteiger partial charge in [-0.1, -0.05) is 35.4 Å². The second-order valence-corrected chi connectivity index (χ2v) is 9.52. The molecule has 3 aromatic rings. The lowest BCUT2D eigenvalue weighted by Gasteiger charge is -2.16. The SMILES string of the molecule is COc1cc(/C=C\c2ccc(F)c(OC)c2NS(=O)(=O)c2ccc(Cl)c(Cl)c2)cc(OC)c1OC. The molecule has 186 valence electrons. The van der Waals surface area contributed by atoms with Crippen LogP contribution >= 0.6 is 23.2 Å². The average molecular weight is 542 g/mol. The number of sulfonamides is 1. The standard InChI is InChI=1S/C24H22Cl2FNO6S/c1-31-20-11-14(12-21(32-2)24(20)34-4)5-6-15-7-10-19(27)23(33-3)22(15)28-35(29,30)16-8-9-17(25)18(26)13-16/h5-13,28H,1-4H3/b6-5-. The van der Waals surface area contributed by atoms with E-state index in [2.05, 4.69) is 4.72 Å². The zero-order valence-electron chi connectivity index (χ0n) is 19.2. The lowest BCUT2D eigenvalue weighted by Crippen LogP contribution is -2.15. The Balaban J connectivity index is 2.08. The summed E-state index contributed by atoms with van der Waals surface area (Å²) < 4.78 is 64.2. The summed E-state index contributed by atoms with van der Waals surface area (Å²) in [6.45, 7) is 0. The Morgan fingerprint density at radius 2 is 1.43 bits per heavy atom. The van der Waals surface area contributed by atoms with Crippen molar-refractivity contribution in [1.82, 2.24) is 0 Å². The maximum atomic E-state index is 14.5. The van der Waals surface area contributed by atoms with Crippen molar-refractivity contribution >= 4 is 51.1 Å². The van der Waals surface area contributed by atoms with Crippen LogP contribution in [0.1, 0.15) is 11.1 Å². The van der Waals surface area contributed by atoms with Gasteiger partial charge in [-0.05, 0) is 48.0 Å². The van der Waals surface area contributed by atoms with Crippen LogP contribution in [0.2, 0.25) is 10.0 Å². The summed E-state index contributed by atoms with van der Waals surface area (Å²) in [7, 11) is 1.55. The Morgan fingerprint density at radius 3 is 1.97 bits per heavy atom. The number of hydrogen-bond acceptors (Lipinski definition) is 6. The van der Waals surface area contributed by atoms with Crippen LogP contribution in [0.3, 0.4) is 0 Å². The summed E-state index contributed by atoms with van der Waals surface area (Å²) in [6.07, 6.45) is 3.27. The highest BCUT2D eigenvalue weighted by Gasteiger charge is 2.22. The Hall–Kier alpha value is -3.14. The number of nitrogens with one attached hydrogen (secondary N) is 1. The van der Waals surface area contributed by atoms with E-state index in [1.807, 2.05) is 0 Å². The molecule has 3 aromatic carbocycles. The van der Waals surface area contributed by atoms with Gasteiger partial charge in [-0.3, -0.25) is 4.72 Å². The smallest absolute Gasteiger partial charge is 0.262 e. The second kappa shape index (κ2) is 11.1. The van der Waals surface area contributed by atoms with Gasteiger partial charge < -0.3 is 18.9 Å². The molecule has 3 rings (SSSR count). The van der Waals surface area contributed by atoms with E-state index in [0.717, 1.165) is 0 Å². The molecule has 0 bridgehead atoms. The molecule has 0 fully saturated rings. The van der Waals surface area contributed by atoms with Crippen molar-refractivity contribution in [1.29, 1.82) is 0 Å². The molecule has 0 radical (unpaired) electrons. The lowest BCUT2D eigenvalue weighted by atomic mass is 10.1.